The fourth-order valence-electron chi connectivity index (χ4n) is 2.61. The van der Waals surface area contributed by atoms with E-state index in [1.807, 2.05) is 7.05 Å². The summed E-state index contributed by atoms with van der Waals surface area (Å²) >= 11 is 0. The van der Waals surface area contributed by atoms with E-state index in [2.05, 4.69) is 28.8 Å². The number of rotatable bonds is 3. The zero-order valence-electron chi connectivity index (χ0n) is 12.7. The van der Waals surface area contributed by atoms with Crippen molar-refractivity contribution in [2.45, 2.75) is 18.9 Å². The van der Waals surface area contributed by atoms with E-state index >= 15 is 0 Å². The van der Waals surface area contributed by atoms with Crippen LogP contribution in [0.25, 0.3) is 0 Å². The Balaban J connectivity index is 2.12. The van der Waals surface area contributed by atoms with Crippen LogP contribution in [-0.2, 0) is 0 Å². The van der Waals surface area contributed by atoms with E-state index in [1.165, 1.54) is 6.42 Å². The molecule has 1 atom stereocenters. The predicted molar refractivity (Wildman–Crippen MR) is 82.8 cm³/mol. The molecule has 1 aromatic heterocycles. The summed E-state index contributed by atoms with van der Waals surface area (Å²) in [5.41, 5.74) is 6.43. The van der Waals surface area contributed by atoms with Crippen LogP contribution >= 0.6 is 0 Å². The molecule has 0 bridgehead atoms. The standard InChI is InChI=1S/C16H22N4O/c1-19-11-5-8-14(19)12-20(2)16(21)15-13(6-3-9-17)7-4-10-18-15/h4,7,10,14H,5,8-9,11-12,17H2,1-2H3. The zero-order chi connectivity index (χ0) is 15.2. The number of likely N-dealkylation sites (tertiary alicyclic amines) is 1. The summed E-state index contributed by atoms with van der Waals surface area (Å²) in [6, 6.07) is 4.02. The van der Waals surface area contributed by atoms with Crippen LogP contribution in [0.15, 0.2) is 18.3 Å². The number of amides is 1. The molecule has 112 valence electrons. The van der Waals surface area contributed by atoms with E-state index in [0.717, 1.165) is 19.5 Å². The first-order chi connectivity index (χ1) is 10.1. The summed E-state index contributed by atoms with van der Waals surface area (Å²) in [6.07, 6.45) is 3.95. The Morgan fingerprint density at radius 1 is 1.62 bits per heavy atom. The van der Waals surface area contributed by atoms with Crippen molar-refractivity contribution in [2.24, 2.45) is 5.73 Å². The largest absolute Gasteiger partial charge is 0.339 e. The highest BCUT2D eigenvalue weighted by Crippen LogP contribution is 2.16. The molecule has 1 aliphatic rings. The summed E-state index contributed by atoms with van der Waals surface area (Å²) in [4.78, 5) is 20.8. The predicted octanol–water partition coefficient (Wildman–Crippen LogP) is 0.558. The second-order valence-electron chi connectivity index (χ2n) is 5.37. The van der Waals surface area contributed by atoms with Gasteiger partial charge in [0.1, 0.15) is 5.69 Å². The van der Waals surface area contributed by atoms with Gasteiger partial charge in [-0.1, -0.05) is 11.8 Å². The fourth-order valence-corrected chi connectivity index (χ4v) is 2.61. The monoisotopic (exact) mass is 286 g/mol. The van der Waals surface area contributed by atoms with E-state index in [0.29, 0.717) is 17.3 Å². The molecule has 2 rings (SSSR count). The van der Waals surface area contributed by atoms with Crippen molar-refractivity contribution in [3.05, 3.63) is 29.6 Å². The highest BCUT2D eigenvalue weighted by atomic mass is 16.2. The molecular formula is C16H22N4O. The number of aromatic nitrogens is 1. The third-order valence-electron chi connectivity index (χ3n) is 3.84. The normalized spacial score (nSPS) is 18.1. The van der Waals surface area contributed by atoms with Crippen molar-refractivity contribution in [1.29, 1.82) is 0 Å². The summed E-state index contributed by atoms with van der Waals surface area (Å²) in [5.74, 6) is 5.61. The van der Waals surface area contributed by atoms with Gasteiger partial charge >= 0.3 is 0 Å². The van der Waals surface area contributed by atoms with Gasteiger partial charge in [0.2, 0.25) is 0 Å². The first-order valence-corrected chi connectivity index (χ1v) is 7.23. The number of nitrogens with zero attached hydrogens (tertiary/aromatic N) is 3. The van der Waals surface area contributed by atoms with Gasteiger partial charge in [-0.15, -0.1) is 0 Å². The van der Waals surface area contributed by atoms with E-state index in [9.17, 15) is 4.79 Å². The third kappa shape index (κ3) is 3.81. The van der Waals surface area contributed by atoms with Gasteiger partial charge in [-0.25, -0.2) is 4.98 Å². The second-order valence-corrected chi connectivity index (χ2v) is 5.37. The quantitative estimate of drug-likeness (QED) is 0.825. The Morgan fingerprint density at radius 3 is 3.10 bits per heavy atom. The van der Waals surface area contributed by atoms with Crippen molar-refractivity contribution in [3.8, 4) is 11.8 Å². The van der Waals surface area contributed by atoms with Crippen molar-refractivity contribution in [3.63, 3.8) is 0 Å². The molecule has 1 aliphatic heterocycles. The summed E-state index contributed by atoms with van der Waals surface area (Å²) in [5, 5.41) is 0. The molecule has 5 nitrogen and oxygen atoms in total. The molecule has 1 fully saturated rings. The van der Waals surface area contributed by atoms with Crippen molar-refractivity contribution in [2.75, 3.05) is 33.7 Å². The molecule has 1 unspecified atom stereocenters. The van der Waals surface area contributed by atoms with Gasteiger partial charge < -0.3 is 15.5 Å². The topological polar surface area (TPSA) is 62.5 Å². The van der Waals surface area contributed by atoms with E-state index in [-0.39, 0.29) is 12.5 Å². The second kappa shape index (κ2) is 7.21. The maximum Gasteiger partial charge on any atom is 0.273 e. The molecule has 0 saturated carbocycles. The number of hydrogen-bond donors (Lipinski definition) is 1. The molecule has 5 heteroatoms. The van der Waals surface area contributed by atoms with Gasteiger partial charge in [-0.3, -0.25) is 4.79 Å². The van der Waals surface area contributed by atoms with Crippen LogP contribution in [0, 0.1) is 11.8 Å². The molecule has 0 spiro atoms. The summed E-state index contributed by atoms with van der Waals surface area (Å²) in [7, 11) is 3.93. The number of carbonyl (C=O) groups excluding carboxylic acids is 1. The van der Waals surface area contributed by atoms with Crippen LogP contribution in [-0.4, -0.2) is 60.5 Å². The van der Waals surface area contributed by atoms with Crippen molar-refractivity contribution >= 4 is 5.91 Å². The average molecular weight is 286 g/mol. The Hall–Kier alpha value is -1.90. The lowest BCUT2D eigenvalue weighted by atomic mass is 10.1. The van der Waals surface area contributed by atoms with Gasteiger partial charge in [-0.05, 0) is 38.6 Å². The number of hydrogen-bond acceptors (Lipinski definition) is 4. The minimum atomic E-state index is -0.0859. The first kappa shape index (κ1) is 15.5. The van der Waals surface area contributed by atoms with Gasteiger partial charge in [0, 0.05) is 25.8 Å². The highest BCUT2D eigenvalue weighted by molar-refractivity contribution is 5.94. The summed E-state index contributed by atoms with van der Waals surface area (Å²) < 4.78 is 0. The lowest BCUT2D eigenvalue weighted by molar-refractivity contribution is 0.0755. The molecule has 2 N–H and O–H groups in total. The van der Waals surface area contributed by atoms with Crippen LogP contribution < -0.4 is 5.73 Å². The minimum Gasteiger partial charge on any atom is -0.339 e. The van der Waals surface area contributed by atoms with E-state index in [1.54, 1.807) is 23.2 Å². The minimum absolute atomic E-state index is 0.0859. The molecule has 1 aromatic rings. The third-order valence-corrected chi connectivity index (χ3v) is 3.84. The molecule has 0 radical (unpaired) electrons. The van der Waals surface area contributed by atoms with E-state index in [4.69, 9.17) is 5.73 Å². The molecule has 2 heterocycles. The van der Waals surface area contributed by atoms with Crippen molar-refractivity contribution < 1.29 is 4.79 Å². The Kier molecular flexibility index (Phi) is 5.32. The van der Waals surface area contributed by atoms with Crippen LogP contribution in [0.1, 0.15) is 28.9 Å². The lowest BCUT2D eigenvalue weighted by Crippen LogP contribution is -2.40. The first-order valence-electron chi connectivity index (χ1n) is 7.23. The summed E-state index contributed by atoms with van der Waals surface area (Å²) in [6.45, 7) is 2.09. The van der Waals surface area contributed by atoms with Gasteiger partial charge in [-0.2, -0.15) is 0 Å². The zero-order valence-corrected chi connectivity index (χ0v) is 12.7. The molecular weight excluding hydrogens is 264 g/mol. The maximum absolute atomic E-state index is 12.6. The van der Waals surface area contributed by atoms with Crippen LogP contribution in [0.3, 0.4) is 0 Å². The molecule has 0 aromatic carbocycles. The molecule has 21 heavy (non-hydrogen) atoms. The Morgan fingerprint density at radius 2 is 2.43 bits per heavy atom. The van der Waals surface area contributed by atoms with Crippen LogP contribution in [0.2, 0.25) is 0 Å². The van der Waals surface area contributed by atoms with E-state index < -0.39 is 0 Å². The number of nitrogens with two attached hydrogens (primary N) is 1. The fraction of sp³-hybridized carbons (Fsp3) is 0.500. The van der Waals surface area contributed by atoms with Gasteiger partial charge in [0.25, 0.3) is 5.91 Å². The average Bonchev–Trinajstić information content (AvgIpc) is 2.90. The maximum atomic E-state index is 12.6. The molecule has 0 aliphatic carbocycles. The van der Waals surface area contributed by atoms with Gasteiger partial charge in [0.05, 0.1) is 12.1 Å². The Labute approximate surface area is 126 Å². The Bertz CT molecular complexity index is 561. The molecule has 1 saturated heterocycles. The molecule has 1 amide bonds. The van der Waals surface area contributed by atoms with Crippen LogP contribution in [0.5, 0.6) is 0 Å². The SMILES string of the molecule is CN(CC1CCCN1C)C(=O)c1ncccc1C#CCN. The van der Waals surface area contributed by atoms with Gasteiger partial charge in [0.15, 0.2) is 0 Å². The number of carbonyl (C=O) groups is 1. The smallest absolute Gasteiger partial charge is 0.273 e. The van der Waals surface area contributed by atoms with Crippen molar-refractivity contribution in [1.82, 2.24) is 14.8 Å². The van der Waals surface area contributed by atoms with Crippen LogP contribution in [0.4, 0.5) is 0 Å². The lowest BCUT2D eigenvalue weighted by Gasteiger charge is -2.25. The number of pyridine rings is 1. The number of likely N-dealkylation sites (N-methyl/N-ethyl adjacent to an activating group) is 2. The highest BCUT2D eigenvalue weighted by Gasteiger charge is 2.25.